The van der Waals surface area contributed by atoms with Gasteiger partial charge in [-0.3, -0.25) is 14.8 Å². The number of nitrogens with one attached hydrogen (secondary N) is 3. The lowest BCUT2D eigenvalue weighted by Gasteiger charge is -2.23. The number of nitrogens with zero attached hydrogens (tertiary/aromatic N) is 1. The van der Waals surface area contributed by atoms with Gasteiger partial charge in [0.15, 0.2) is 0 Å². The highest BCUT2D eigenvalue weighted by Gasteiger charge is 2.34. The maximum absolute atomic E-state index is 12.0. The van der Waals surface area contributed by atoms with E-state index in [0.29, 0.717) is 5.69 Å². The monoisotopic (exact) mass is 271 g/mol. The summed E-state index contributed by atoms with van der Waals surface area (Å²) in [6, 6.07) is 5.39. The van der Waals surface area contributed by atoms with Crippen LogP contribution in [-0.4, -0.2) is 15.0 Å². The van der Waals surface area contributed by atoms with E-state index in [1.807, 2.05) is 6.07 Å². The number of aromatic nitrogens is 3. The van der Waals surface area contributed by atoms with E-state index >= 15 is 0 Å². The second-order valence-electron chi connectivity index (χ2n) is 4.20. The molecule has 8 nitrogen and oxygen atoms in total. The number of aromatic amines is 3. The highest BCUT2D eigenvalue weighted by atomic mass is 16.5. The summed E-state index contributed by atoms with van der Waals surface area (Å²) in [6.07, 6.45) is 1.66. The van der Waals surface area contributed by atoms with Crippen LogP contribution in [0.3, 0.4) is 0 Å². The highest BCUT2D eigenvalue weighted by Crippen LogP contribution is 2.37. The van der Waals surface area contributed by atoms with Crippen molar-refractivity contribution in [3.05, 3.63) is 61.9 Å². The first-order valence-electron chi connectivity index (χ1n) is 5.69. The predicted molar refractivity (Wildman–Crippen MR) is 67.8 cm³/mol. The fourth-order valence-corrected chi connectivity index (χ4v) is 2.22. The lowest BCUT2D eigenvalue weighted by Crippen LogP contribution is -2.33. The molecule has 1 aliphatic rings. The molecule has 0 fully saturated rings. The number of hydrogen-bond donors (Lipinski definition) is 4. The second-order valence-corrected chi connectivity index (χ2v) is 4.20. The van der Waals surface area contributed by atoms with Crippen molar-refractivity contribution in [3.8, 4) is 11.9 Å². The van der Waals surface area contributed by atoms with Crippen LogP contribution < -0.4 is 21.7 Å². The zero-order chi connectivity index (χ0) is 14.3. The highest BCUT2D eigenvalue weighted by molar-refractivity contribution is 5.50. The molecule has 2 aromatic heterocycles. The number of hydrogen-bond acceptors (Lipinski definition) is 5. The van der Waals surface area contributed by atoms with Gasteiger partial charge in [0.05, 0.1) is 11.5 Å². The molecule has 0 radical (unpaired) electrons. The maximum Gasteiger partial charge on any atom is 0.328 e. The molecule has 3 rings (SSSR count). The van der Waals surface area contributed by atoms with Gasteiger partial charge in [0.1, 0.15) is 11.6 Å². The number of nitriles is 1. The second kappa shape index (κ2) is 4.17. The van der Waals surface area contributed by atoms with Gasteiger partial charge in [-0.15, -0.1) is 0 Å². The van der Waals surface area contributed by atoms with Gasteiger partial charge in [-0.05, 0) is 12.1 Å². The molecule has 0 aromatic carbocycles. The Hall–Kier alpha value is -3.21. The molecule has 0 amide bonds. The fourth-order valence-electron chi connectivity index (χ4n) is 2.22. The summed E-state index contributed by atoms with van der Waals surface area (Å²) >= 11 is 0. The molecule has 100 valence electrons. The summed E-state index contributed by atoms with van der Waals surface area (Å²) in [6.45, 7) is 0. The number of allylic oxidation sites excluding steroid dienone is 1. The number of ether oxygens (including phenoxy) is 1. The van der Waals surface area contributed by atoms with Gasteiger partial charge in [0.2, 0.25) is 11.8 Å². The molecule has 20 heavy (non-hydrogen) atoms. The van der Waals surface area contributed by atoms with Gasteiger partial charge in [-0.25, -0.2) is 4.79 Å². The minimum Gasteiger partial charge on any atom is -0.424 e. The first kappa shape index (κ1) is 11.9. The Balaban J connectivity index is 2.35. The standard InChI is InChI=1S/C12H9N5O3/c13-4-5-7(6-2-1-3-15-6)8-10(18)16-12(19)17-11(8)20-9(5)14/h1-3,7,15H,14H2,(H2,16,17,18,19)/t7-/m0/s1. The molecule has 1 aliphatic heterocycles. The van der Waals surface area contributed by atoms with E-state index in [4.69, 9.17) is 10.5 Å². The van der Waals surface area contributed by atoms with E-state index < -0.39 is 17.2 Å². The van der Waals surface area contributed by atoms with E-state index in [0.717, 1.165) is 0 Å². The molecule has 3 heterocycles. The van der Waals surface area contributed by atoms with Gasteiger partial charge in [0, 0.05) is 11.9 Å². The molecule has 0 aliphatic carbocycles. The quantitative estimate of drug-likeness (QED) is 0.559. The van der Waals surface area contributed by atoms with Crippen LogP contribution in [0.2, 0.25) is 0 Å². The van der Waals surface area contributed by atoms with Crippen molar-refractivity contribution in [1.29, 1.82) is 5.26 Å². The van der Waals surface area contributed by atoms with Gasteiger partial charge in [-0.1, -0.05) is 0 Å². The molecule has 0 spiro atoms. The number of nitrogens with two attached hydrogens (primary N) is 1. The first-order chi connectivity index (χ1) is 9.61. The van der Waals surface area contributed by atoms with Crippen LogP contribution >= 0.6 is 0 Å². The van der Waals surface area contributed by atoms with Crippen LogP contribution in [0.4, 0.5) is 0 Å². The number of H-pyrrole nitrogens is 3. The summed E-state index contributed by atoms with van der Waals surface area (Å²) in [5.41, 5.74) is 5.21. The summed E-state index contributed by atoms with van der Waals surface area (Å²) < 4.78 is 5.17. The third-order valence-corrected chi connectivity index (χ3v) is 3.05. The van der Waals surface area contributed by atoms with Crippen LogP contribution in [-0.2, 0) is 0 Å². The Morgan fingerprint density at radius 2 is 2.15 bits per heavy atom. The van der Waals surface area contributed by atoms with Crippen LogP contribution in [0.5, 0.6) is 5.88 Å². The van der Waals surface area contributed by atoms with Crippen molar-refractivity contribution >= 4 is 0 Å². The Bertz CT molecular complexity index is 850. The third-order valence-electron chi connectivity index (χ3n) is 3.05. The van der Waals surface area contributed by atoms with Gasteiger partial charge < -0.3 is 15.5 Å². The molecular formula is C12H9N5O3. The summed E-state index contributed by atoms with van der Waals surface area (Å²) in [4.78, 5) is 30.7. The summed E-state index contributed by atoms with van der Waals surface area (Å²) in [5, 5.41) is 9.24. The van der Waals surface area contributed by atoms with Gasteiger partial charge in [-0.2, -0.15) is 5.26 Å². The predicted octanol–water partition coefficient (Wildman–Crippen LogP) is -0.391. The minimum atomic E-state index is -0.709. The van der Waals surface area contributed by atoms with E-state index in [2.05, 4.69) is 15.0 Å². The van der Waals surface area contributed by atoms with Crippen LogP contribution in [0.1, 0.15) is 17.2 Å². The zero-order valence-corrected chi connectivity index (χ0v) is 10.1. The molecular weight excluding hydrogens is 262 g/mol. The van der Waals surface area contributed by atoms with Gasteiger partial charge in [0.25, 0.3) is 5.56 Å². The molecule has 8 heteroatoms. The average Bonchev–Trinajstić information content (AvgIpc) is 2.90. The van der Waals surface area contributed by atoms with Crippen molar-refractivity contribution in [2.75, 3.05) is 0 Å². The third kappa shape index (κ3) is 1.61. The van der Waals surface area contributed by atoms with Crippen LogP contribution in [0.15, 0.2) is 39.4 Å². The zero-order valence-electron chi connectivity index (χ0n) is 10.1. The van der Waals surface area contributed by atoms with E-state index in [-0.39, 0.29) is 22.9 Å². The van der Waals surface area contributed by atoms with Crippen LogP contribution in [0.25, 0.3) is 0 Å². The Kier molecular flexibility index (Phi) is 2.47. The smallest absolute Gasteiger partial charge is 0.328 e. The Labute approximate surface area is 111 Å². The van der Waals surface area contributed by atoms with E-state index in [1.165, 1.54) is 0 Å². The van der Waals surface area contributed by atoms with Crippen molar-refractivity contribution in [2.24, 2.45) is 5.73 Å². The topological polar surface area (TPSA) is 141 Å². The number of rotatable bonds is 1. The fraction of sp³-hybridized carbons (Fsp3) is 0.0833. The Morgan fingerprint density at radius 3 is 2.80 bits per heavy atom. The van der Waals surface area contributed by atoms with Gasteiger partial charge >= 0.3 is 5.69 Å². The lowest BCUT2D eigenvalue weighted by molar-refractivity contribution is 0.372. The summed E-state index contributed by atoms with van der Waals surface area (Å²) in [5.74, 6) is -0.893. The minimum absolute atomic E-state index is 0.0464. The molecule has 5 N–H and O–H groups in total. The van der Waals surface area contributed by atoms with Crippen LogP contribution in [0, 0.1) is 11.3 Å². The normalized spacial score (nSPS) is 17.2. The average molecular weight is 271 g/mol. The molecule has 0 unspecified atom stereocenters. The van der Waals surface area contributed by atoms with Crippen molar-refractivity contribution in [3.63, 3.8) is 0 Å². The SMILES string of the molecule is N#CC1=C(N)Oc2[nH]c(=O)[nH]c(=O)c2[C@@H]1c1ccc[nH]1. The van der Waals surface area contributed by atoms with E-state index in [9.17, 15) is 14.9 Å². The van der Waals surface area contributed by atoms with E-state index in [1.54, 1.807) is 18.3 Å². The largest absolute Gasteiger partial charge is 0.424 e. The first-order valence-corrected chi connectivity index (χ1v) is 5.69. The lowest BCUT2D eigenvalue weighted by atomic mass is 9.89. The van der Waals surface area contributed by atoms with Crippen molar-refractivity contribution in [2.45, 2.75) is 5.92 Å². The molecule has 0 bridgehead atoms. The Morgan fingerprint density at radius 1 is 1.35 bits per heavy atom. The summed E-state index contributed by atoms with van der Waals surface area (Å²) in [7, 11) is 0. The van der Waals surface area contributed by atoms with Crippen molar-refractivity contribution in [1.82, 2.24) is 15.0 Å². The number of fused-ring (bicyclic) bond motifs is 1. The van der Waals surface area contributed by atoms with Crippen molar-refractivity contribution < 1.29 is 4.74 Å². The maximum atomic E-state index is 12.0. The molecule has 1 atom stereocenters. The molecule has 2 aromatic rings. The molecule has 0 saturated heterocycles. The molecule has 0 saturated carbocycles.